The molecule has 0 fully saturated rings. The number of carbonyl (C=O) groups is 1. The lowest BCUT2D eigenvalue weighted by molar-refractivity contribution is -0.142. The van der Waals surface area contributed by atoms with Crippen molar-refractivity contribution in [3.8, 4) is 0 Å². The lowest BCUT2D eigenvalue weighted by atomic mass is 10.2. The quantitative estimate of drug-likeness (QED) is 0.606. The number of hydrogen-bond donors (Lipinski definition) is 1. The van der Waals surface area contributed by atoms with Crippen LogP contribution in [0, 0.1) is 0 Å². The molecule has 0 saturated heterocycles. The molecule has 0 spiro atoms. The van der Waals surface area contributed by atoms with Crippen LogP contribution in [-0.4, -0.2) is 39.0 Å². The van der Waals surface area contributed by atoms with Crippen LogP contribution in [-0.2, 0) is 19.4 Å². The van der Waals surface area contributed by atoms with Gasteiger partial charge in [-0.3, -0.25) is 4.79 Å². The number of rotatable bonds is 5. The molecule has 6 heteroatoms. The fourth-order valence-corrected chi connectivity index (χ4v) is 1.62. The second-order valence-electron chi connectivity index (χ2n) is 2.65. The van der Waals surface area contributed by atoms with Gasteiger partial charge >= 0.3 is 5.97 Å². The Morgan fingerprint density at radius 3 is 2.46 bits per heavy atom. The maximum absolute atomic E-state index is 11.0. The molecular weight excluding hydrogens is 194 g/mol. The molecule has 0 aliphatic heterocycles. The molecule has 0 aliphatic rings. The van der Waals surface area contributed by atoms with E-state index in [0.717, 1.165) is 0 Å². The summed E-state index contributed by atoms with van der Waals surface area (Å²) in [6.45, 7) is 1.55. The van der Waals surface area contributed by atoms with Crippen LogP contribution in [0.2, 0.25) is 0 Å². The molecule has 0 saturated carbocycles. The Kier molecular flexibility index (Phi) is 4.94. The molecule has 0 aromatic heterocycles. The lowest BCUT2D eigenvalue weighted by Crippen LogP contribution is -2.33. The van der Waals surface area contributed by atoms with E-state index in [1.165, 1.54) is 7.11 Å². The number of methoxy groups -OCH3 is 1. The minimum Gasteiger partial charge on any atom is -0.468 e. The SMILES string of the molecule is CCS(=O)(=O)CCC(N)C(=O)OC. The second kappa shape index (κ2) is 5.18. The van der Waals surface area contributed by atoms with Gasteiger partial charge in [-0.1, -0.05) is 6.92 Å². The van der Waals surface area contributed by atoms with E-state index in [-0.39, 0.29) is 17.9 Å². The molecule has 0 aliphatic carbocycles. The van der Waals surface area contributed by atoms with Crippen molar-refractivity contribution in [2.75, 3.05) is 18.6 Å². The highest BCUT2D eigenvalue weighted by atomic mass is 32.2. The third kappa shape index (κ3) is 4.84. The standard InChI is InChI=1S/C7H15NO4S/c1-3-13(10,11)5-4-6(8)7(9)12-2/h6H,3-5,8H2,1-2H3. The summed E-state index contributed by atoms with van der Waals surface area (Å²) in [7, 11) is -1.83. The molecule has 13 heavy (non-hydrogen) atoms. The molecular formula is C7H15NO4S. The first-order valence-electron chi connectivity index (χ1n) is 3.96. The van der Waals surface area contributed by atoms with Crippen LogP contribution in [0.15, 0.2) is 0 Å². The number of sulfone groups is 1. The maximum Gasteiger partial charge on any atom is 0.322 e. The van der Waals surface area contributed by atoms with Gasteiger partial charge in [-0.25, -0.2) is 8.42 Å². The van der Waals surface area contributed by atoms with Crippen molar-refractivity contribution in [3.05, 3.63) is 0 Å². The molecule has 0 bridgehead atoms. The molecule has 0 heterocycles. The smallest absolute Gasteiger partial charge is 0.322 e. The fraction of sp³-hybridized carbons (Fsp3) is 0.857. The van der Waals surface area contributed by atoms with Gasteiger partial charge in [-0.2, -0.15) is 0 Å². The first kappa shape index (κ1) is 12.4. The summed E-state index contributed by atoms with van der Waals surface area (Å²) in [6.07, 6.45) is 0.114. The van der Waals surface area contributed by atoms with Crippen molar-refractivity contribution in [2.45, 2.75) is 19.4 Å². The minimum absolute atomic E-state index is 0.0697. The van der Waals surface area contributed by atoms with Crippen LogP contribution >= 0.6 is 0 Å². The van der Waals surface area contributed by atoms with E-state index in [0.29, 0.717) is 0 Å². The summed E-state index contributed by atoms with van der Waals surface area (Å²) in [4.78, 5) is 10.8. The Morgan fingerprint density at radius 1 is 1.54 bits per heavy atom. The van der Waals surface area contributed by atoms with Gasteiger partial charge in [0.2, 0.25) is 0 Å². The number of nitrogens with two attached hydrogens (primary N) is 1. The Balaban J connectivity index is 3.97. The van der Waals surface area contributed by atoms with Crippen LogP contribution in [0.25, 0.3) is 0 Å². The van der Waals surface area contributed by atoms with E-state index in [1.807, 2.05) is 0 Å². The zero-order valence-corrected chi connectivity index (χ0v) is 8.63. The van der Waals surface area contributed by atoms with Gasteiger partial charge in [-0.15, -0.1) is 0 Å². The van der Waals surface area contributed by atoms with Crippen molar-refractivity contribution in [1.29, 1.82) is 0 Å². The zero-order valence-electron chi connectivity index (χ0n) is 7.82. The Labute approximate surface area is 78.2 Å². The summed E-state index contributed by atoms with van der Waals surface area (Å²) in [6, 6.07) is -0.841. The van der Waals surface area contributed by atoms with Gasteiger partial charge < -0.3 is 10.5 Å². The van der Waals surface area contributed by atoms with E-state index in [1.54, 1.807) is 6.92 Å². The average Bonchev–Trinajstić information content (AvgIpc) is 2.13. The highest BCUT2D eigenvalue weighted by Crippen LogP contribution is 1.97. The number of hydrogen-bond acceptors (Lipinski definition) is 5. The Hall–Kier alpha value is -0.620. The van der Waals surface area contributed by atoms with Crippen molar-refractivity contribution in [1.82, 2.24) is 0 Å². The first-order chi connectivity index (χ1) is 5.93. The predicted molar refractivity (Wildman–Crippen MR) is 48.9 cm³/mol. The molecule has 78 valence electrons. The summed E-state index contributed by atoms with van der Waals surface area (Å²) in [5.74, 6) is -0.577. The number of esters is 1. The predicted octanol–water partition coefficient (Wildman–Crippen LogP) is -0.688. The van der Waals surface area contributed by atoms with E-state index < -0.39 is 21.8 Å². The first-order valence-corrected chi connectivity index (χ1v) is 5.79. The molecule has 0 aromatic carbocycles. The van der Waals surface area contributed by atoms with Crippen LogP contribution < -0.4 is 5.73 Å². The van der Waals surface area contributed by atoms with Gasteiger partial charge in [0, 0.05) is 5.75 Å². The molecule has 0 amide bonds. The van der Waals surface area contributed by atoms with E-state index >= 15 is 0 Å². The van der Waals surface area contributed by atoms with Gasteiger partial charge in [0.15, 0.2) is 0 Å². The summed E-state index contributed by atoms with van der Waals surface area (Å²) >= 11 is 0. The van der Waals surface area contributed by atoms with Gasteiger partial charge in [0.1, 0.15) is 15.9 Å². The van der Waals surface area contributed by atoms with Crippen LogP contribution in [0.4, 0.5) is 0 Å². The van der Waals surface area contributed by atoms with Crippen molar-refractivity contribution >= 4 is 15.8 Å². The van der Waals surface area contributed by atoms with Crippen molar-refractivity contribution < 1.29 is 17.9 Å². The van der Waals surface area contributed by atoms with E-state index in [9.17, 15) is 13.2 Å². The molecule has 0 radical (unpaired) electrons. The average molecular weight is 209 g/mol. The Morgan fingerprint density at radius 2 is 2.08 bits per heavy atom. The third-order valence-electron chi connectivity index (χ3n) is 1.68. The lowest BCUT2D eigenvalue weighted by Gasteiger charge is -2.08. The van der Waals surface area contributed by atoms with Gasteiger partial charge in [0.05, 0.1) is 12.9 Å². The number of carbonyl (C=O) groups excluding carboxylic acids is 1. The van der Waals surface area contributed by atoms with Crippen LogP contribution in [0.1, 0.15) is 13.3 Å². The van der Waals surface area contributed by atoms with Gasteiger partial charge in [-0.05, 0) is 6.42 Å². The Bertz CT molecular complexity index is 260. The second-order valence-corrected chi connectivity index (χ2v) is 5.13. The zero-order chi connectivity index (χ0) is 10.5. The largest absolute Gasteiger partial charge is 0.468 e. The maximum atomic E-state index is 11.0. The van der Waals surface area contributed by atoms with Crippen LogP contribution in [0.3, 0.4) is 0 Å². The minimum atomic E-state index is -3.04. The van der Waals surface area contributed by atoms with Crippen molar-refractivity contribution in [3.63, 3.8) is 0 Å². The van der Waals surface area contributed by atoms with E-state index in [4.69, 9.17) is 5.73 Å². The summed E-state index contributed by atoms with van der Waals surface area (Å²) < 4.78 is 26.4. The van der Waals surface area contributed by atoms with Gasteiger partial charge in [0.25, 0.3) is 0 Å². The molecule has 0 rings (SSSR count). The topological polar surface area (TPSA) is 86.5 Å². The normalized spacial score (nSPS) is 13.8. The molecule has 5 nitrogen and oxygen atoms in total. The summed E-state index contributed by atoms with van der Waals surface area (Å²) in [5.41, 5.74) is 5.35. The van der Waals surface area contributed by atoms with E-state index in [2.05, 4.69) is 4.74 Å². The van der Waals surface area contributed by atoms with Crippen molar-refractivity contribution in [2.24, 2.45) is 5.73 Å². The molecule has 1 unspecified atom stereocenters. The molecule has 0 aromatic rings. The monoisotopic (exact) mass is 209 g/mol. The fourth-order valence-electron chi connectivity index (χ4n) is 0.720. The summed E-state index contributed by atoms with van der Waals surface area (Å²) in [5, 5.41) is 0. The highest BCUT2D eigenvalue weighted by Gasteiger charge is 2.17. The van der Waals surface area contributed by atoms with Crippen LogP contribution in [0.5, 0.6) is 0 Å². The molecule has 1 atom stereocenters. The molecule has 2 N–H and O–H groups in total. The third-order valence-corrected chi connectivity index (χ3v) is 3.42. The number of ether oxygens (including phenoxy) is 1. The highest BCUT2D eigenvalue weighted by molar-refractivity contribution is 7.91.